The van der Waals surface area contributed by atoms with Gasteiger partial charge in [-0.15, -0.1) is 0 Å². The average Bonchev–Trinajstić information content (AvgIpc) is 2.44. The number of aliphatic carboxylic acids is 1. The molecule has 2 amide bonds. The minimum Gasteiger partial charge on any atom is -0.480 e. The molecular weight excluding hydrogens is 317 g/mol. The van der Waals surface area contributed by atoms with E-state index < -0.39 is 30.5 Å². The number of aryl methyl sites for hydroxylation is 1. The van der Waals surface area contributed by atoms with Gasteiger partial charge in [0.2, 0.25) is 5.91 Å². The lowest BCUT2D eigenvalue weighted by atomic mass is 10.00. The van der Waals surface area contributed by atoms with Crippen LogP contribution in [0.1, 0.15) is 28.8 Å². The van der Waals surface area contributed by atoms with Crippen LogP contribution in [0.2, 0.25) is 0 Å². The molecule has 1 aliphatic heterocycles. The number of alkyl halides is 3. The first-order valence-corrected chi connectivity index (χ1v) is 6.69. The summed E-state index contributed by atoms with van der Waals surface area (Å²) in [5.74, 6) is -2.84. The molecule has 1 aromatic carbocycles. The lowest BCUT2D eigenvalue weighted by Gasteiger charge is -2.19. The molecule has 1 aliphatic rings. The topological polar surface area (TPSA) is 95.5 Å². The largest absolute Gasteiger partial charge is 0.480 e. The predicted molar refractivity (Wildman–Crippen MR) is 73.0 cm³/mol. The van der Waals surface area contributed by atoms with Crippen molar-refractivity contribution in [1.29, 1.82) is 0 Å². The summed E-state index contributed by atoms with van der Waals surface area (Å²) < 4.78 is 37.0. The average molecular weight is 330 g/mol. The minimum absolute atomic E-state index is 0.0355. The van der Waals surface area contributed by atoms with Crippen molar-refractivity contribution in [2.75, 3.05) is 5.32 Å². The van der Waals surface area contributed by atoms with E-state index in [0.29, 0.717) is 17.7 Å². The number of carbonyl (C=O) groups excluding carboxylic acids is 2. The molecule has 1 unspecified atom stereocenters. The number of carboxylic acid groups (broad SMARTS) is 1. The normalized spacial score (nSPS) is 15.3. The number of carbonyl (C=O) groups is 3. The second kappa shape index (κ2) is 6.27. The van der Waals surface area contributed by atoms with Crippen molar-refractivity contribution >= 4 is 23.5 Å². The minimum atomic E-state index is -4.71. The summed E-state index contributed by atoms with van der Waals surface area (Å²) in [6.45, 7) is 0. The maximum Gasteiger partial charge on any atom is 0.391 e. The number of anilines is 1. The van der Waals surface area contributed by atoms with Crippen molar-refractivity contribution in [3.05, 3.63) is 29.3 Å². The Bertz CT molecular complexity index is 658. The molecule has 124 valence electrons. The van der Waals surface area contributed by atoms with E-state index in [-0.39, 0.29) is 17.9 Å². The number of fused-ring (bicyclic) bond motifs is 1. The molecule has 0 spiro atoms. The van der Waals surface area contributed by atoms with Crippen molar-refractivity contribution < 1.29 is 32.7 Å². The van der Waals surface area contributed by atoms with E-state index in [1.54, 1.807) is 0 Å². The van der Waals surface area contributed by atoms with E-state index in [0.717, 1.165) is 0 Å². The molecule has 1 atom stereocenters. The zero-order chi connectivity index (χ0) is 17.2. The first-order valence-electron chi connectivity index (χ1n) is 6.69. The summed E-state index contributed by atoms with van der Waals surface area (Å²) in [5, 5.41) is 13.3. The number of hydrogen-bond donors (Lipinski definition) is 3. The molecule has 0 fully saturated rings. The Morgan fingerprint density at radius 3 is 2.61 bits per heavy atom. The van der Waals surface area contributed by atoms with Gasteiger partial charge in [-0.25, -0.2) is 4.79 Å². The highest BCUT2D eigenvalue weighted by atomic mass is 19.4. The number of hydrogen-bond acceptors (Lipinski definition) is 3. The van der Waals surface area contributed by atoms with Gasteiger partial charge < -0.3 is 15.7 Å². The second-order valence-corrected chi connectivity index (χ2v) is 5.10. The number of carboxylic acids is 1. The van der Waals surface area contributed by atoms with Gasteiger partial charge in [-0.1, -0.05) is 0 Å². The summed E-state index contributed by atoms with van der Waals surface area (Å²) in [5.41, 5.74) is 1.23. The van der Waals surface area contributed by atoms with Crippen LogP contribution in [0.15, 0.2) is 18.2 Å². The van der Waals surface area contributed by atoms with Crippen LogP contribution in [0.5, 0.6) is 0 Å². The Hall–Kier alpha value is -2.58. The summed E-state index contributed by atoms with van der Waals surface area (Å²) in [7, 11) is 0. The summed E-state index contributed by atoms with van der Waals surface area (Å²) in [4.78, 5) is 34.1. The third-order valence-electron chi connectivity index (χ3n) is 3.30. The quantitative estimate of drug-likeness (QED) is 0.783. The molecule has 2 rings (SSSR count). The van der Waals surface area contributed by atoms with Gasteiger partial charge >= 0.3 is 12.1 Å². The molecule has 0 aromatic heterocycles. The van der Waals surface area contributed by atoms with Crippen molar-refractivity contribution in [3.63, 3.8) is 0 Å². The van der Waals surface area contributed by atoms with Gasteiger partial charge in [0.25, 0.3) is 5.91 Å². The van der Waals surface area contributed by atoms with E-state index in [9.17, 15) is 27.6 Å². The van der Waals surface area contributed by atoms with Crippen molar-refractivity contribution in [3.8, 4) is 0 Å². The zero-order valence-electron chi connectivity index (χ0n) is 11.7. The third kappa shape index (κ3) is 4.44. The summed E-state index contributed by atoms with van der Waals surface area (Å²) in [6, 6.07) is 2.14. The standard InChI is InChI=1S/C14H13F3N2O4/c15-14(16,17)6-10(13(22)23)19-12(21)8-1-3-9-7(5-8)2-4-11(20)18-9/h1,3,5,10H,2,4,6H2,(H,18,20)(H,19,21)(H,22,23). The van der Waals surface area contributed by atoms with E-state index in [1.807, 2.05) is 5.32 Å². The predicted octanol–water partition coefficient (Wildman–Crippen LogP) is 1.71. The number of halogens is 3. The highest BCUT2D eigenvalue weighted by molar-refractivity contribution is 5.99. The fourth-order valence-corrected chi connectivity index (χ4v) is 2.20. The molecule has 23 heavy (non-hydrogen) atoms. The second-order valence-electron chi connectivity index (χ2n) is 5.10. The molecule has 0 saturated carbocycles. The lowest BCUT2D eigenvalue weighted by Crippen LogP contribution is -2.43. The Morgan fingerprint density at radius 2 is 2.00 bits per heavy atom. The van der Waals surface area contributed by atoms with E-state index in [1.165, 1.54) is 18.2 Å². The van der Waals surface area contributed by atoms with Crippen molar-refractivity contribution in [1.82, 2.24) is 5.32 Å². The Labute approximate surface area is 128 Å². The zero-order valence-corrected chi connectivity index (χ0v) is 11.7. The van der Waals surface area contributed by atoms with E-state index in [4.69, 9.17) is 5.11 Å². The van der Waals surface area contributed by atoms with Crippen molar-refractivity contribution in [2.24, 2.45) is 0 Å². The number of amides is 2. The fraction of sp³-hybridized carbons (Fsp3) is 0.357. The molecule has 6 nitrogen and oxygen atoms in total. The molecule has 3 N–H and O–H groups in total. The van der Waals surface area contributed by atoms with E-state index >= 15 is 0 Å². The maximum atomic E-state index is 12.3. The molecule has 1 aromatic rings. The molecular formula is C14H13F3N2O4. The Morgan fingerprint density at radius 1 is 1.30 bits per heavy atom. The fourth-order valence-electron chi connectivity index (χ4n) is 2.20. The Balaban J connectivity index is 2.13. The lowest BCUT2D eigenvalue weighted by molar-refractivity contribution is -0.157. The van der Waals surface area contributed by atoms with Crippen LogP contribution in [0.3, 0.4) is 0 Å². The molecule has 1 heterocycles. The summed E-state index contributed by atoms with van der Waals surface area (Å²) in [6.07, 6.45) is -5.73. The van der Waals surface area contributed by atoms with Gasteiger partial charge in [0.05, 0.1) is 6.42 Å². The smallest absolute Gasteiger partial charge is 0.391 e. The van der Waals surface area contributed by atoms with Crippen molar-refractivity contribution in [2.45, 2.75) is 31.5 Å². The van der Waals surface area contributed by atoms with Crippen LogP contribution in [-0.2, 0) is 16.0 Å². The van der Waals surface area contributed by atoms with Gasteiger partial charge in [0.15, 0.2) is 0 Å². The third-order valence-corrected chi connectivity index (χ3v) is 3.30. The maximum absolute atomic E-state index is 12.3. The highest BCUT2D eigenvalue weighted by Crippen LogP contribution is 2.24. The summed E-state index contributed by atoms with van der Waals surface area (Å²) >= 11 is 0. The SMILES string of the molecule is O=C1CCc2cc(C(=O)NC(CC(F)(F)F)C(=O)O)ccc2N1. The van der Waals surface area contributed by atoms with Gasteiger partial charge in [0.1, 0.15) is 6.04 Å². The molecule has 0 aliphatic carbocycles. The van der Waals surface area contributed by atoms with E-state index in [2.05, 4.69) is 5.32 Å². The first kappa shape index (κ1) is 16.8. The van der Waals surface area contributed by atoms with Crippen LogP contribution in [0.25, 0.3) is 0 Å². The highest BCUT2D eigenvalue weighted by Gasteiger charge is 2.36. The first-order chi connectivity index (χ1) is 10.7. The van der Waals surface area contributed by atoms with Gasteiger partial charge in [-0.2, -0.15) is 13.2 Å². The molecule has 0 radical (unpaired) electrons. The molecule has 0 saturated heterocycles. The Kier molecular flexibility index (Phi) is 4.57. The monoisotopic (exact) mass is 330 g/mol. The van der Waals surface area contributed by atoms with Gasteiger partial charge in [-0.05, 0) is 30.2 Å². The van der Waals surface area contributed by atoms with Gasteiger partial charge in [-0.3, -0.25) is 9.59 Å². The molecule has 9 heteroatoms. The van der Waals surface area contributed by atoms with Crippen LogP contribution in [0, 0.1) is 0 Å². The van der Waals surface area contributed by atoms with Crippen LogP contribution in [-0.4, -0.2) is 35.1 Å². The van der Waals surface area contributed by atoms with Gasteiger partial charge in [0, 0.05) is 17.7 Å². The van der Waals surface area contributed by atoms with Crippen LogP contribution < -0.4 is 10.6 Å². The number of nitrogens with one attached hydrogen (secondary N) is 2. The number of benzene rings is 1. The van der Waals surface area contributed by atoms with Crippen LogP contribution in [0.4, 0.5) is 18.9 Å². The number of rotatable bonds is 4. The molecule has 0 bridgehead atoms. The van der Waals surface area contributed by atoms with Crippen LogP contribution >= 0.6 is 0 Å².